The molecule has 3 heteroatoms. The number of hydrogen-bond donors (Lipinski definition) is 1. The van der Waals surface area contributed by atoms with Crippen molar-refractivity contribution < 1.29 is 4.79 Å². The first-order valence-corrected chi connectivity index (χ1v) is 6.51. The smallest absolute Gasteiger partial charge is 0.236 e. The minimum absolute atomic E-state index is 0.240. The lowest BCUT2D eigenvalue weighted by atomic mass is 10.2. The molecule has 0 saturated heterocycles. The van der Waals surface area contributed by atoms with Crippen molar-refractivity contribution in [2.75, 3.05) is 19.6 Å². The van der Waals surface area contributed by atoms with Crippen LogP contribution in [-0.2, 0) is 4.79 Å². The van der Waals surface area contributed by atoms with Gasteiger partial charge in [0.1, 0.15) is 0 Å². The number of carbonyl (C=O) groups is 1. The van der Waals surface area contributed by atoms with Crippen LogP contribution in [0.1, 0.15) is 40.5 Å². The zero-order valence-corrected chi connectivity index (χ0v) is 11.1. The molecule has 1 rings (SSSR count). The number of amides is 1. The average molecular weight is 226 g/mol. The topological polar surface area (TPSA) is 32.3 Å². The van der Waals surface area contributed by atoms with Crippen molar-refractivity contribution in [3.8, 4) is 0 Å². The van der Waals surface area contributed by atoms with Gasteiger partial charge in [0, 0.05) is 12.6 Å². The van der Waals surface area contributed by atoms with Crippen LogP contribution in [0.2, 0.25) is 0 Å². The second kappa shape index (κ2) is 6.24. The Bertz CT molecular complexity index is 222. The summed E-state index contributed by atoms with van der Waals surface area (Å²) in [4.78, 5) is 14.0. The van der Waals surface area contributed by atoms with Gasteiger partial charge >= 0.3 is 0 Å². The summed E-state index contributed by atoms with van der Waals surface area (Å²) in [5.74, 6) is 1.62. The Kier molecular flexibility index (Phi) is 5.26. The summed E-state index contributed by atoms with van der Waals surface area (Å²) < 4.78 is 0. The molecule has 3 nitrogen and oxygen atoms in total. The van der Waals surface area contributed by atoms with Gasteiger partial charge in [-0.05, 0) is 45.1 Å². The van der Waals surface area contributed by atoms with Crippen LogP contribution >= 0.6 is 0 Å². The lowest BCUT2D eigenvalue weighted by Gasteiger charge is -2.28. The molecule has 1 aliphatic rings. The molecule has 1 amide bonds. The number of nitrogens with zero attached hydrogens (tertiary/aromatic N) is 1. The Morgan fingerprint density at radius 1 is 1.31 bits per heavy atom. The molecule has 0 atom stereocenters. The van der Waals surface area contributed by atoms with E-state index < -0.39 is 0 Å². The summed E-state index contributed by atoms with van der Waals surface area (Å²) in [6.45, 7) is 10.9. The molecule has 0 bridgehead atoms. The molecule has 0 aromatic heterocycles. The monoisotopic (exact) mass is 226 g/mol. The normalized spacial score (nSPS) is 15.9. The van der Waals surface area contributed by atoms with Crippen LogP contribution in [0.25, 0.3) is 0 Å². The van der Waals surface area contributed by atoms with Crippen molar-refractivity contribution in [2.24, 2.45) is 11.8 Å². The molecule has 0 unspecified atom stereocenters. The van der Waals surface area contributed by atoms with Gasteiger partial charge in [-0.15, -0.1) is 0 Å². The van der Waals surface area contributed by atoms with Crippen molar-refractivity contribution in [1.29, 1.82) is 0 Å². The van der Waals surface area contributed by atoms with Gasteiger partial charge in [0.05, 0.1) is 6.54 Å². The minimum Gasteiger partial charge on any atom is -0.339 e. The third-order valence-electron chi connectivity index (χ3n) is 2.91. The van der Waals surface area contributed by atoms with E-state index in [4.69, 9.17) is 0 Å². The highest BCUT2D eigenvalue weighted by atomic mass is 16.2. The van der Waals surface area contributed by atoms with Crippen LogP contribution in [0, 0.1) is 11.8 Å². The van der Waals surface area contributed by atoms with Gasteiger partial charge in [-0.1, -0.05) is 13.8 Å². The summed E-state index contributed by atoms with van der Waals surface area (Å²) in [6.07, 6.45) is 2.67. The predicted molar refractivity (Wildman–Crippen MR) is 67.3 cm³/mol. The van der Waals surface area contributed by atoms with Crippen LogP contribution in [-0.4, -0.2) is 36.5 Å². The van der Waals surface area contributed by atoms with Gasteiger partial charge < -0.3 is 10.2 Å². The summed E-state index contributed by atoms with van der Waals surface area (Å²) in [7, 11) is 0. The predicted octanol–water partition coefficient (Wildman–Crippen LogP) is 1.88. The third kappa shape index (κ3) is 4.97. The second-order valence-corrected chi connectivity index (χ2v) is 5.61. The van der Waals surface area contributed by atoms with Crippen molar-refractivity contribution in [1.82, 2.24) is 10.2 Å². The number of carbonyl (C=O) groups excluding carboxylic acids is 1. The van der Waals surface area contributed by atoms with Crippen molar-refractivity contribution in [2.45, 2.75) is 46.6 Å². The van der Waals surface area contributed by atoms with Gasteiger partial charge in [-0.3, -0.25) is 4.79 Å². The Hall–Kier alpha value is -0.570. The van der Waals surface area contributed by atoms with Gasteiger partial charge in [0.2, 0.25) is 5.91 Å². The fourth-order valence-corrected chi connectivity index (χ4v) is 1.80. The molecular weight excluding hydrogens is 200 g/mol. The van der Waals surface area contributed by atoms with E-state index in [1.165, 1.54) is 12.8 Å². The van der Waals surface area contributed by atoms with E-state index >= 15 is 0 Å². The molecular formula is C13H26N2O. The highest BCUT2D eigenvalue weighted by Crippen LogP contribution is 2.27. The second-order valence-electron chi connectivity index (χ2n) is 5.61. The van der Waals surface area contributed by atoms with Gasteiger partial charge in [0.25, 0.3) is 0 Å². The SMILES string of the molecule is CC(C)CN(C(=O)CNCC1CC1)C(C)C. The number of hydrogen-bond acceptors (Lipinski definition) is 2. The summed E-state index contributed by atoms with van der Waals surface area (Å²) in [6, 6.07) is 0.303. The molecule has 0 aromatic rings. The largest absolute Gasteiger partial charge is 0.339 e. The zero-order valence-electron chi connectivity index (χ0n) is 11.1. The highest BCUT2D eigenvalue weighted by molar-refractivity contribution is 5.78. The summed E-state index contributed by atoms with van der Waals surface area (Å²) >= 11 is 0. The lowest BCUT2D eigenvalue weighted by Crippen LogP contribution is -2.44. The maximum atomic E-state index is 12.0. The molecule has 94 valence electrons. The number of rotatable bonds is 7. The van der Waals surface area contributed by atoms with E-state index in [1.54, 1.807) is 0 Å². The molecule has 0 spiro atoms. The quantitative estimate of drug-likeness (QED) is 0.719. The van der Waals surface area contributed by atoms with Crippen LogP contribution in [0.15, 0.2) is 0 Å². The Morgan fingerprint density at radius 2 is 1.94 bits per heavy atom. The zero-order chi connectivity index (χ0) is 12.1. The third-order valence-corrected chi connectivity index (χ3v) is 2.91. The fraction of sp³-hybridized carbons (Fsp3) is 0.923. The van der Waals surface area contributed by atoms with E-state index in [0.717, 1.165) is 19.0 Å². The molecule has 0 aliphatic heterocycles. The van der Waals surface area contributed by atoms with Crippen LogP contribution in [0.3, 0.4) is 0 Å². The van der Waals surface area contributed by atoms with E-state index in [0.29, 0.717) is 18.5 Å². The molecule has 0 radical (unpaired) electrons. The minimum atomic E-state index is 0.240. The molecule has 1 saturated carbocycles. The van der Waals surface area contributed by atoms with Gasteiger partial charge in [-0.2, -0.15) is 0 Å². The Balaban J connectivity index is 2.27. The fourth-order valence-electron chi connectivity index (χ4n) is 1.80. The molecule has 1 N–H and O–H groups in total. The van der Waals surface area contributed by atoms with Crippen molar-refractivity contribution >= 4 is 5.91 Å². The van der Waals surface area contributed by atoms with Crippen LogP contribution < -0.4 is 5.32 Å². The standard InChI is InChI=1S/C13H26N2O/c1-10(2)9-15(11(3)4)13(16)8-14-7-12-5-6-12/h10-12,14H,5-9H2,1-4H3. The van der Waals surface area contributed by atoms with E-state index in [1.807, 2.05) is 4.90 Å². The highest BCUT2D eigenvalue weighted by Gasteiger charge is 2.22. The van der Waals surface area contributed by atoms with Gasteiger partial charge in [0.15, 0.2) is 0 Å². The molecule has 1 fully saturated rings. The molecule has 1 aliphatic carbocycles. The summed E-state index contributed by atoms with van der Waals surface area (Å²) in [5, 5.41) is 3.26. The summed E-state index contributed by atoms with van der Waals surface area (Å²) in [5.41, 5.74) is 0. The van der Waals surface area contributed by atoms with Crippen molar-refractivity contribution in [3.05, 3.63) is 0 Å². The van der Waals surface area contributed by atoms with Crippen LogP contribution in [0.5, 0.6) is 0 Å². The van der Waals surface area contributed by atoms with E-state index in [2.05, 4.69) is 33.0 Å². The maximum Gasteiger partial charge on any atom is 0.236 e. The van der Waals surface area contributed by atoms with E-state index in [-0.39, 0.29) is 5.91 Å². The van der Waals surface area contributed by atoms with E-state index in [9.17, 15) is 4.79 Å². The first kappa shape index (κ1) is 13.5. The maximum absolute atomic E-state index is 12.0. The number of nitrogens with one attached hydrogen (secondary N) is 1. The molecule has 0 heterocycles. The van der Waals surface area contributed by atoms with Gasteiger partial charge in [-0.25, -0.2) is 0 Å². The Morgan fingerprint density at radius 3 is 2.38 bits per heavy atom. The first-order valence-electron chi connectivity index (χ1n) is 6.51. The van der Waals surface area contributed by atoms with Crippen molar-refractivity contribution in [3.63, 3.8) is 0 Å². The lowest BCUT2D eigenvalue weighted by molar-refractivity contribution is -0.132. The average Bonchev–Trinajstić information content (AvgIpc) is 2.97. The molecule has 0 aromatic carbocycles. The first-order chi connectivity index (χ1) is 7.50. The van der Waals surface area contributed by atoms with Crippen LogP contribution in [0.4, 0.5) is 0 Å². The molecule has 16 heavy (non-hydrogen) atoms. The Labute approximate surface area is 99.6 Å².